The van der Waals surface area contributed by atoms with Crippen LogP contribution in [-0.2, 0) is 4.79 Å². The van der Waals surface area contributed by atoms with Crippen LogP contribution in [0.1, 0.15) is 10.4 Å². The molecule has 140 valence electrons. The molecule has 2 amide bonds. The Kier molecular flexibility index (Phi) is 5.49. The standard InChI is InChI=1S/C20H19F2N3O2/c1-2-18(26)25-12-10-24(11-13-25)15-8-6-14(7-9-15)23-20(27)16-4-3-5-17(21)19(16)22/h2-9H,1,10-13H2,(H,23,27). The van der Waals surface area contributed by atoms with E-state index in [0.29, 0.717) is 31.9 Å². The summed E-state index contributed by atoms with van der Waals surface area (Å²) in [7, 11) is 0. The third-order valence-corrected chi connectivity index (χ3v) is 4.45. The van der Waals surface area contributed by atoms with E-state index in [9.17, 15) is 18.4 Å². The normalized spacial score (nSPS) is 14.0. The lowest BCUT2D eigenvalue weighted by Gasteiger charge is -2.35. The first-order valence-electron chi connectivity index (χ1n) is 8.51. The topological polar surface area (TPSA) is 52.7 Å². The molecule has 0 aromatic heterocycles. The Labute approximate surface area is 155 Å². The lowest BCUT2D eigenvalue weighted by Crippen LogP contribution is -2.48. The molecule has 0 bridgehead atoms. The Hall–Kier alpha value is -3.22. The number of carbonyl (C=O) groups is 2. The molecule has 27 heavy (non-hydrogen) atoms. The third-order valence-electron chi connectivity index (χ3n) is 4.45. The molecule has 1 aliphatic heterocycles. The molecule has 0 saturated carbocycles. The zero-order valence-corrected chi connectivity index (χ0v) is 14.6. The summed E-state index contributed by atoms with van der Waals surface area (Å²) in [4.78, 5) is 27.6. The fourth-order valence-corrected chi connectivity index (χ4v) is 2.95. The molecule has 2 aromatic carbocycles. The third kappa shape index (κ3) is 4.13. The zero-order valence-electron chi connectivity index (χ0n) is 14.6. The monoisotopic (exact) mass is 371 g/mol. The molecule has 3 rings (SSSR count). The van der Waals surface area contributed by atoms with Crippen molar-refractivity contribution in [3.8, 4) is 0 Å². The summed E-state index contributed by atoms with van der Waals surface area (Å²) in [6.07, 6.45) is 1.31. The maximum absolute atomic E-state index is 13.7. The molecule has 1 fully saturated rings. The van der Waals surface area contributed by atoms with Gasteiger partial charge in [-0.2, -0.15) is 0 Å². The van der Waals surface area contributed by atoms with Gasteiger partial charge in [-0.05, 0) is 42.5 Å². The van der Waals surface area contributed by atoms with Crippen molar-refractivity contribution in [2.75, 3.05) is 36.4 Å². The van der Waals surface area contributed by atoms with Gasteiger partial charge in [-0.3, -0.25) is 9.59 Å². The number of piperazine rings is 1. The number of rotatable bonds is 4. The Morgan fingerprint density at radius 1 is 1.00 bits per heavy atom. The number of nitrogens with zero attached hydrogens (tertiary/aromatic N) is 2. The minimum atomic E-state index is -1.17. The fourth-order valence-electron chi connectivity index (χ4n) is 2.95. The number of halogens is 2. The number of anilines is 2. The molecule has 0 spiro atoms. The van der Waals surface area contributed by atoms with E-state index in [1.807, 2.05) is 12.1 Å². The first kappa shape index (κ1) is 18.6. The number of hydrogen-bond donors (Lipinski definition) is 1. The molecule has 0 atom stereocenters. The van der Waals surface area contributed by atoms with Gasteiger partial charge >= 0.3 is 0 Å². The van der Waals surface area contributed by atoms with Crippen LogP contribution in [-0.4, -0.2) is 42.9 Å². The van der Waals surface area contributed by atoms with Gasteiger partial charge in [0.05, 0.1) is 5.56 Å². The van der Waals surface area contributed by atoms with Gasteiger partial charge in [-0.1, -0.05) is 12.6 Å². The van der Waals surface area contributed by atoms with E-state index in [2.05, 4.69) is 16.8 Å². The average Bonchev–Trinajstić information content (AvgIpc) is 2.70. The van der Waals surface area contributed by atoms with Crippen LogP contribution in [0.3, 0.4) is 0 Å². The summed E-state index contributed by atoms with van der Waals surface area (Å²) < 4.78 is 26.9. The van der Waals surface area contributed by atoms with E-state index in [0.717, 1.165) is 11.8 Å². The molecule has 5 nitrogen and oxygen atoms in total. The van der Waals surface area contributed by atoms with Crippen molar-refractivity contribution in [2.45, 2.75) is 0 Å². The highest BCUT2D eigenvalue weighted by Crippen LogP contribution is 2.21. The van der Waals surface area contributed by atoms with Crippen LogP contribution in [0.4, 0.5) is 20.2 Å². The minimum absolute atomic E-state index is 0.0720. The van der Waals surface area contributed by atoms with E-state index < -0.39 is 17.5 Å². The van der Waals surface area contributed by atoms with Gasteiger partial charge in [0.1, 0.15) is 0 Å². The van der Waals surface area contributed by atoms with E-state index in [1.54, 1.807) is 17.0 Å². The second kappa shape index (κ2) is 7.99. The maximum Gasteiger partial charge on any atom is 0.258 e. The van der Waals surface area contributed by atoms with Gasteiger partial charge in [-0.25, -0.2) is 8.78 Å². The summed E-state index contributed by atoms with van der Waals surface area (Å²) in [5.41, 5.74) is 1.09. The van der Waals surface area contributed by atoms with Crippen LogP contribution in [0, 0.1) is 11.6 Å². The number of nitrogens with one attached hydrogen (secondary N) is 1. The van der Waals surface area contributed by atoms with Crippen LogP contribution < -0.4 is 10.2 Å². The SMILES string of the molecule is C=CC(=O)N1CCN(c2ccc(NC(=O)c3cccc(F)c3F)cc2)CC1. The van der Waals surface area contributed by atoms with Crippen LogP contribution in [0.2, 0.25) is 0 Å². The number of hydrogen-bond acceptors (Lipinski definition) is 3. The van der Waals surface area contributed by atoms with Crippen molar-refractivity contribution in [3.63, 3.8) is 0 Å². The van der Waals surface area contributed by atoms with Crippen LogP contribution in [0.5, 0.6) is 0 Å². The second-order valence-electron chi connectivity index (χ2n) is 6.12. The molecule has 0 radical (unpaired) electrons. The summed E-state index contributed by atoms with van der Waals surface area (Å²) >= 11 is 0. The van der Waals surface area contributed by atoms with Gasteiger partial charge in [0.25, 0.3) is 5.91 Å². The molecule has 0 unspecified atom stereocenters. The highest BCUT2D eigenvalue weighted by atomic mass is 19.2. The molecule has 1 heterocycles. The molecule has 1 N–H and O–H groups in total. The summed E-state index contributed by atoms with van der Waals surface area (Å²) in [5, 5.41) is 2.56. The Morgan fingerprint density at radius 3 is 2.30 bits per heavy atom. The van der Waals surface area contributed by atoms with Gasteiger partial charge in [-0.15, -0.1) is 0 Å². The van der Waals surface area contributed by atoms with Crippen molar-refractivity contribution in [1.82, 2.24) is 4.90 Å². The van der Waals surface area contributed by atoms with Crippen molar-refractivity contribution in [1.29, 1.82) is 0 Å². The van der Waals surface area contributed by atoms with E-state index in [4.69, 9.17) is 0 Å². The second-order valence-corrected chi connectivity index (χ2v) is 6.12. The van der Waals surface area contributed by atoms with Gasteiger partial charge in [0.2, 0.25) is 5.91 Å². The predicted molar refractivity (Wildman–Crippen MR) is 99.7 cm³/mol. The Balaban J connectivity index is 1.62. The summed E-state index contributed by atoms with van der Waals surface area (Å²) in [5.74, 6) is -3.01. The van der Waals surface area contributed by atoms with Gasteiger partial charge < -0.3 is 15.1 Å². The number of amides is 2. The lowest BCUT2D eigenvalue weighted by molar-refractivity contribution is -0.126. The number of carbonyl (C=O) groups excluding carboxylic acids is 2. The first-order valence-corrected chi connectivity index (χ1v) is 8.51. The predicted octanol–water partition coefficient (Wildman–Crippen LogP) is 3.05. The quantitative estimate of drug-likeness (QED) is 0.841. The molecule has 1 saturated heterocycles. The first-order chi connectivity index (χ1) is 13.0. The van der Waals surface area contributed by atoms with E-state index >= 15 is 0 Å². The van der Waals surface area contributed by atoms with Crippen LogP contribution in [0.15, 0.2) is 55.1 Å². The Morgan fingerprint density at radius 2 is 1.67 bits per heavy atom. The lowest BCUT2D eigenvalue weighted by atomic mass is 10.1. The zero-order chi connectivity index (χ0) is 19.4. The van der Waals surface area contributed by atoms with Crippen molar-refractivity contribution < 1.29 is 18.4 Å². The van der Waals surface area contributed by atoms with Crippen LogP contribution in [0.25, 0.3) is 0 Å². The van der Waals surface area contributed by atoms with E-state index in [1.165, 1.54) is 18.2 Å². The summed E-state index contributed by atoms with van der Waals surface area (Å²) in [6, 6.07) is 10.5. The average molecular weight is 371 g/mol. The molecule has 7 heteroatoms. The molecule has 2 aromatic rings. The Bertz CT molecular complexity index is 860. The van der Waals surface area contributed by atoms with Crippen molar-refractivity contribution in [3.05, 3.63) is 72.3 Å². The molecular formula is C20H19F2N3O2. The van der Waals surface area contributed by atoms with Crippen LogP contribution >= 0.6 is 0 Å². The van der Waals surface area contributed by atoms with Crippen molar-refractivity contribution >= 4 is 23.2 Å². The maximum atomic E-state index is 13.7. The number of benzene rings is 2. The molecule has 0 aliphatic carbocycles. The minimum Gasteiger partial charge on any atom is -0.368 e. The van der Waals surface area contributed by atoms with Gasteiger partial charge in [0.15, 0.2) is 11.6 Å². The molecule has 1 aliphatic rings. The molecular weight excluding hydrogens is 352 g/mol. The highest BCUT2D eigenvalue weighted by molar-refractivity contribution is 6.04. The summed E-state index contributed by atoms with van der Waals surface area (Å²) in [6.45, 7) is 6.11. The van der Waals surface area contributed by atoms with Crippen molar-refractivity contribution in [2.24, 2.45) is 0 Å². The smallest absolute Gasteiger partial charge is 0.258 e. The van der Waals surface area contributed by atoms with Gasteiger partial charge in [0, 0.05) is 37.6 Å². The fraction of sp³-hybridized carbons (Fsp3) is 0.200. The largest absolute Gasteiger partial charge is 0.368 e. The van der Waals surface area contributed by atoms with E-state index in [-0.39, 0.29) is 11.5 Å². The highest BCUT2D eigenvalue weighted by Gasteiger charge is 2.20.